The van der Waals surface area contributed by atoms with Crippen molar-refractivity contribution in [3.05, 3.63) is 47.5 Å². The van der Waals surface area contributed by atoms with E-state index in [1.807, 2.05) is 4.90 Å². The van der Waals surface area contributed by atoms with Crippen molar-refractivity contribution in [3.8, 4) is 0 Å². The van der Waals surface area contributed by atoms with Crippen molar-refractivity contribution in [2.45, 2.75) is 18.9 Å². The van der Waals surface area contributed by atoms with Crippen molar-refractivity contribution in [1.82, 2.24) is 4.90 Å². The van der Waals surface area contributed by atoms with Gasteiger partial charge in [-0.3, -0.25) is 4.79 Å². The second kappa shape index (κ2) is 6.73. The second-order valence-corrected chi connectivity index (χ2v) is 5.08. The molecule has 3 nitrogen and oxygen atoms in total. The van der Waals surface area contributed by atoms with Gasteiger partial charge >= 0.3 is 0 Å². The zero-order valence-corrected chi connectivity index (χ0v) is 11.6. The zero-order valence-electron chi connectivity index (χ0n) is 10.8. The number of halogens is 1. The highest BCUT2D eigenvalue weighted by Crippen LogP contribution is 2.17. The molecule has 0 aliphatic carbocycles. The summed E-state index contributed by atoms with van der Waals surface area (Å²) in [7, 11) is 0. The van der Waals surface area contributed by atoms with Crippen LogP contribution < -0.4 is 0 Å². The summed E-state index contributed by atoms with van der Waals surface area (Å²) >= 11 is 5.83. The highest BCUT2D eigenvalue weighted by Gasteiger charge is 2.24. The lowest BCUT2D eigenvalue weighted by atomic mass is 10.1. The Bertz CT molecular complexity index is 444. The lowest BCUT2D eigenvalue weighted by molar-refractivity contribution is 0.0134. The predicted molar refractivity (Wildman–Crippen MR) is 76.5 cm³/mol. The quantitative estimate of drug-likeness (QED) is 0.793. The number of carbonyl (C=O) groups is 1. The molecule has 1 saturated heterocycles. The number of piperidine rings is 1. The van der Waals surface area contributed by atoms with E-state index in [9.17, 15) is 4.79 Å². The molecule has 1 aromatic rings. The van der Waals surface area contributed by atoms with Crippen LogP contribution in [0.15, 0.2) is 36.9 Å². The smallest absolute Gasteiger partial charge is 0.253 e. The van der Waals surface area contributed by atoms with Crippen LogP contribution in [0.4, 0.5) is 0 Å². The molecule has 0 radical (unpaired) electrons. The minimum Gasteiger partial charge on any atom is -0.372 e. The first-order valence-electron chi connectivity index (χ1n) is 6.48. The van der Waals surface area contributed by atoms with E-state index in [-0.39, 0.29) is 12.0 Å². The molecule has 0 saturated carbocycles. The monoisotopic (exact) mass is 279 g/mol. The summed E-state index contributed by atoms with van der Waals surface area (Å²) < 4.78 is 5.63. The van der Waals surface area contributed by atoms with Crippen molar-refractivity contribution in [2.75, 3.05) is 19.7 Å². The molecular formula is C15H18ClNO2. The number of ether oxygens (including phenoxy) is 1. The molecule has 1 aliphatic rings. The van der Waals surface area contributed by atoms with Crippen LogP contribution in [0.1, 0.15) is 23.2 Å². The number of carbonyl (C=O) groups excluding carboxylic acids is 1. The predicted octanol–water partition coefficient (Wildman–Crippen LogP) is 3.15. The van der Waals surface area contributed by atoms with Gasteiger partial charge in [0, 0.05) is 23.7 Å². The summed E-state index contributed by atoms with van der Waals surface area (Å²) in [4.78, 5) is 14.2. The third-order valence-electron chi connectivity index (χ3n) is 3.21. The van der Waals surface area contributed by atoms with Crippen molar-refractivity contribution in [2.24, 2.45) is 0 Å². The van der Waals surface area contributed by atoms with Crippen LogP contribution in [0.25, 0.3) is 0 Å². The van der Waals surface area contributed by atoms with Crippen molar-refractivity contribution in [3.63, 3.8) is 0 Å². The molecule has 4 heteroatoms. The highest BCUT2D eigenvalue weighted by molar-refractivity contribution is 6.30. The molecule has 102 valence electrons. The first kappa shape index (κ1) is 14.1. The largest absolute Gasteiger partial charge is 0.372 e. The molecule has 19 heavy (non-hydrogen) atoms. The van der Waals surface area contributed by atoms with Gasteiger partial charge < -0.3 is 9.64 Å². The first-order chi connectivity index (χ1) is 9.20. The molecular weight excluding hydrogens is 262 g/mol. The fourth-order valence-corrected chi connectivity index (χ4v) is 2.36. The standard InChI is InChI=1S/C15H18ClNO2/c1-2-10-19-14-4-3-9-17(11-14)15(18)12-5-7-13(16)8-6-12/h2,5-8,14H,1,3-4,9-11H2. The molecule has 0 bridgehead atoms. The fraction of sp³-hybridized carbons (Fsp3) is 0.400. The van der Waals surface area contributed by atoms with Crippen molar-refractivity contribution >= 4 is 17.5 Å². The van der Waals surface area contributed by atoms with Crippen molar-refractivity contribution in [1.29, 1.82) is 0 Å². The van der Waals surface area contributed by atoms with Gasteiger partial charge in [0.15, 0.2) is 0 Å². The number of benzene rings is 1. The van der Waals surface area contributed by atoms with Gasteiger partial charge in [-0.1, -0.05) is 17.7 Å². The summed E-state index contributed by atoms with van der Waals surface area (Å²) in [5.41, 5.74) is 0.675. The molecule has 1 heterocycles. The Morgan fingerprint density at radius 3 is 2.89 bits per heavy atom. The van der Waals surface area contributed by atoms with Crippen LogP contribution in [0.5, 0.6) is 0 Å². The van der Waals surface area contributed by atoms with E-state index >= 15 is 0 Å². The zero-order chi connectivity index (χ0) is 13.7. The number of hydrogen-bond acceptors (Lipinski definition) is 2. The Labute approximate surface area is 118 Å². The van der Waals surface area contributed by atoms with Crippen LogP contribution in [0.3, 0.4) is 0 Å². The molecule has 0 N–H and O–H groups in total. The molecule has 1 fully saturated rings. The van der Waals surface area contributed by atoms with Crippen LogP contribution in [0, 0.1) is 0 Å². The summed E-state index contributed by atoms with van der Waals surface area (Å²) in [5.74, 6) is 0.0450. The van der Waals surface area contributed by atoms with Gasteiger partial charge in [-0.25, -0.2) is 0 Å². The number of rotatable bonds is 4. The van der Waals surface area contributed by atoms with E-state index in [1.54, 1.807) is 30.3 Å². The Morgan fingerprint density at radius 1 is 1.47 bits per heavy atom. The fourth-order valence-electron chi connectivity index (χ4n) is 2.24. The van der Waals surface area contributed by atoms with Gasteiger partial charge in [0.2, 0.25) is 0 Å². The lowest BCUT2D eigenvalue weighted by Crippen LogP contribution is -2.43. The van der Waals surface area contributed by atoms with E-state index in [4.69, 9.17) is 16.3 Å². The van der Waals surface area contributed by atoms with Crippen LogP contribution >= 0.6 is 11.6 Å². The van der Waals surface area contributed by atoms with E-state index < -0.39 is 0 Å². The molecule has 1 aliphatic heterocycles. The van der Waals surface area contributed by atoms with E-state index in [1.165, 1.54) is 0 Å². The lowest BCUT2D eigenvalue weighted by Gasteiger charge is -2.32. The Kier molecular flexibility index (Phi) is 5.00. The van der Waals surface area contributed by atoms with Crippen LogP contribution in [0.2, 0.25) is 5.02 Å². The number of nitrogens with zero attached hydrogens (tertiary/aromatic N) is 1. The van der Waals surface area contributed by atoms with E-state index in [2.05, 4.69) is 6.58 Å². The SMILES string of the molecule is C=CCOC1CCCN(C(=O)c2ccc(Cl)cc2)C1. The van der Waals surface area contributed by atoms with Gasteiger partial charge in [0.05, 0.1) is 12.7 Å². The Morgan fingerprint density at radius 2 is 2.21 bits per heavy atom. The second-order valence-electron chi connectivity index (χ2n) is 4.64. The summed E-state index contributed by atoms with van der Waals surface area (Å²) in [6, 6.07) is 7.01. The average Bonchev–Trinajstić information content (AvgIpc) is 2.45. The van der Waals surface area contributed by atoms with Crippen LogP contribution in [-0.4, -0.2) is 36.6 Å². The van der Waals surface area contributed by atoms with Gasteiger partial charge in [-0.15, -0.1) is 6.58 Å². The maximum Gasteiger partial charge on any atom is 0.253 e. The maximum absolute atomic E-state index is 12.3. The van der Waals surface area contributed by atoms with Crippen LogP contribution in [-0.2, 0) is 4.74 Å². The molecule has 1 amide bonds. The third-order valence-corrected chi connectivity index (χ3v) is 3.46. The molecule has 0 spiro atoms. The van der Waals surface area contributed by atoms with Gasteiger partial charge in [-0.2, -0.15) is 0 Å². The summed E-state index contributed by atoms with van der Waals surface area (Å²) in [5, 5.41) is 0.641. The molecule has 1 atom stereocenters. The summed E-state index contributed by atoms with van der Waals surface area (Å²) in [6.07, 6.45) is 3.82. The third kappa shape index (κ3) is 3.82. The molecule has 2 rings (SSSR count). The van der Waals surface area contributed by atoms with Gasteiger partial charge in [0.1, 0.15) is 0 Å². The molecule has 1 unspecified atom stereocenters. The van der Waals surface area contributed by atoms with Gasteiger partial charge in [-0.05, 0) is 37.1 Å². The Balaban J connectivity index is 1.98. The van der Waals surface area contributed by atoms with E-state index in [0.717, 1.165) is 19.4 Å². The van der Waals surface area contributed by atoms with E-state index in [0.29, 0.717) is 23.7 Å². The molecule has 1 aromatic carbocycles. The number of hydrogen-bond donors (Lipinski definition) is 0. The first-order valence-corrected chi connectivity index (χ1v) is 6.86. The van der Waals surface area contributed by atoms with Gasteiger partial charge in [0.25, 0.3) is 5.91 Å². The summed E-state index contributed by atoms with van der Waals surface area (Å²) in [6.45, 7) is 5.61. The highest BCUT2D eigenvalue weighted by atomic mass is 35.5. The topological polar surface area (TPSA) is 29.5 Å². The maximum atomic E-state index is 12.3. The Hall–Kier alpha value is -1.32. The number of amides is 1. The number of likely N-dealkylation sites (tertiary alicyclic amines) is 1. The average molecular weight is 280 g/mol. The normalized spacial score (nSPS) is 19.2. The minimum absolute atomic E-state index is 0.0450. The molecule has 0 aromatic heterocycles. The minimum atomic E-state index is 0.0450. The van der Waals surface area contributed by atoms with Crippen molar-refractivity contribution < 1.29 is 9.53 Å².